The van der Waals surface area contributed by atoms with Crippen LogP contribution in [0.5, 0.6) is 0 Å². The summed E-state index contributed by atoms with van der Waals surface area (Å²) in [5.74, 6) is -0.0727. The Morgan fingerprint density at radius 3 is 2.59 bits per heavy atom. The molecule has 0 aromatic carbocycles. The molecule has 3 atom stereocenters. The molecule has 0 aromatic heterocycles. The number of carbonyl (C=O) groups is 1. The van der Waals surface area contributed by atoms with Gasteiger partial charge in [0.25, 0.3) is 0 Å². The molecule has 1 heterocycles. The van der Waals surface area contributed by atoms with Crippen LogP contribution in [0.2, 0.25) is 0 Å². The molecule has 0 radical (unpaired) electrons. The van der Waals surface area contributed by atoms with Crippen LogP contribution in [0.4, 0.5) is 0 Å². The summed E-state index contributed by atoms with van der Waals surface area (Å²) in [6, 6.07) is 1.55. The highest BCUT2D eigenvalue weighted by molar-refractivity contribution is 5.83. The molecule has 0 saturated carbocycles. The molecule has 1 fully saturated rings. The van der Waals surface area contributed by atoms with E-state index >= 15 is 0 Å². The Kier molecular flexibility index (Phi) is 4.16. The molecule has 0 aromatic rings. The predicted molar refractivity (Wildman–Crippen MR) is 67.0 cm³/mol. The Balaban J connectivity index is 2.72. The van der Waals surface area contributed by atoms with E-state index in [1.807, 2.05) is 6.92 Å². The zero-order valence-corrected chi connectivity index (χ0v) is 11.2. The quantitative estimate of drug-likeness (QED) is 0.794. The van der Waals surface area contributed by atoms with Gasteiger partial charge in [-0.2, -0.15) is 5.26 Å². The maximum atomic E-state index is 12.3. The van der Waals surface area contributed by atoms with Gasteiger partial charge in [-0.15, -0.1) is 0 Å². The lowest BCUT2D eigenvalue weighted by atomic mass is 9.88. The average molecular weight is 237 g/mol. The van der Waals surface area contributed by atoms with Crippen LogP contribution in [0.1, 0.15) is 47.0 Å². The van der Waals surface area contributed by atoms with E-state index in [9.17, 15) is 4.79 Å². The van der Waals surface area contributed by atoms with Crippen LogP contribution >= 0.6 is 0 Å². The summed E-state index contributed by atoms with van der Waals surface area (Å²) in [5, 5.41) is 9.03. The van der Waals surface area contributed by atoms with Crippen molar-refractivity contribution in [1.82, 2.24) is 4.90 Å². The minimum absolute atomic E-state index is 0.0280. The minimum atomic E-state index is -0.494. The fourth-order valence-corrected chi connectivity index (χ4v) is 2.42. The summed E-state index contributed by atoms with van der Waals surface area (Å²) >= 11 is 0. The van der Waals surface area contributed by atoms with Crippen LogP contribution < -0.4 is 5.73 Å². The highest BCUT2D eigenvalue weighted by atomic mass is 16.2. The molecule has 0 spiro atoms. The zero-order valence-electron chi connectivity index (χ0n) is 11.2. The van der Waals surface area contributed by atoms with E-state index < -0.39 is 6.04 Å². The second kappa shape index (κ2) is 5.05. The first-order chi connectivity index (χ1) is 7.76. The van der Waals surface area contributed by atoms with E-state index in [0.717, 1.165) is 12.8 Å². The SMILES string of the molecule is C[C@H]1CC[C@@H](C#N)N1C(=O)C(N)CC(C)(C)C. The van der Waals surface area contributed by atoms with Crippen LogP contribution in [-0.2, 0) is 4.79 Å². The maximum absolute atomic E-state index is 12.3. The lowest BCUT2D eigenvalue weighted by Crippen LogP contribution is -2.49. The van der Waals surface area contributed by atoms with Crippen molar-refractivity contribution >= 4 is 5.91 Å². The first kappa shape index (κ1) is 14.0. The van der Waals surface area contributed by atoms with E-state index in [1.54, 1.807) is 4.90 Å². The fraction of sp³-hybridized carbons (Fsp3) is 0.846. The van der Waals surface area contributed by atoms with Crippen LogP contribution in [-0.4, -0.2) is 28.9 Å². The third kappa shape index (κ3) is 3.44. The minimum Gasteiger partial charge on any atom is -0.323 e. The van der Waals surface area contributed by atoms with Crippen LogP contribution in [0.3, 0.4) is 0 Å². The third-order valence-electron chi connectivity index (χ3n) is 3.22. The molecular weight excluding hydrogens is 214 g/mol. The van der Waals surface area contributed by atoms with Gasteiger partial charge in [0.15, 0.2) is 0 Å². The largest absolute Gasteiger partial charge is 0.323 e. The van der Waals surface area contributed by atoms with E-state index in [-0.39, 0.29) is 23.4 Å². The Hall–Kier alpha value is -1.08. The normalized spacial score (nSPS) is 26.7. The van der Waals surface area contributed by atoms with E-state index in [0.29, 0.717) is 6.42 Å². The van der Waals surface area contributed by atoms with Gasteiger partial charge in [-0.25, -0.2) is 0 Å². The molecule has 1 rings (SSSR count). The van der Waals surface area contributed by atoms with E-state index in [1.165, 1.54) is 0 Å². The number of nitrogens with two attached hydrogens (primary N) is 1. The van der Waals surface area contributed by atoms with Crippen molar-refractivity contribution in [3.05, 3.63) is 0 Å². The summed E-state index contributed by atoms with van der Waals surface area (Å²) in [6.45, 7) is 8.18. The molecule has 4 nitrogen and oxygen atoms in total. The molecule has 1 aliphatic heterocycles. The highest BCUT2D eigenvalue weighted by Gasteiger charge is 2.37. The van der Waals surface area contributed by atoms with E-state index in [4.69, 9.17) is 11.0 Å². The number of hydrogen-bond acceptors (Lipinski definition) is 3. The first-order valence-corrected chi connectivity index (χ1v) is 6.23. The van der Waals surface area contributed by atoms with Crippen LogP contribution in [0.25, 0.3) is 0 Å². The summed E-state index contributed by atoms with van der Waals surface area (Å²) < 4.78 is 0. The topological polar surface area (TPSA) is 70.1 Å². The lowest BCUT2D eigenvalue weighted by molar-refractivity contribution is -0.135. The Bertz CT molecular complexity index is 327. The molecular formula is C13H23N3O. The van der Waals surface area contributed by atoms with Crippen molar-refractivity contribution < 1.29 is 4.79 Å². The predicted octanol–water partition coefficient (Wildman–Crippen LogP) is 1.65. The lowest BCUT2D eigenvalue weighted by Gasteiger charge is -2.30. The second-order valence-corrected chi connectivity index (χ2v) is 6.19. The van der Waals surface area contributed by atoms with Crippen LogP contribution in [0, 0.1) is 16.7 Å². The average Bonchev–Trinajstić information content (AvgIpc) is 2.55. The maximum Gasteiger partial charge on any atom is 0.240 e. The number of amides is 1. The molecule has 1 saturated heterocycles. The Morgan fingerprint density at radius 2 is 2.12 bits per heavy atom. The molecule has 0 bridgehead atoms. The first-order valence-electron chi connectivity index (χ1n) is 6.23. The summed E-state index contributed by atoms with van der Waals surface area (Å²) in [6.07, 6.45) is 2.31. The molecule has 2 N–H and O–H groups in total. The van der Waals surface area contributed by atoms with Gasteiger partial charge in [0.1, 0.15) is 6.04 Å². The molecule has 0 aliphatic carbocycles. The standard InChI is InChI=1S/C13H23N3O/c1-9-5-6-10(8-14)16(9)12(17)11(15)7-13(2,3)4/h9-11H,5-7,15H2,1-4H3/t9-,10-,11?/m0/s1. The smallest absolute Gasteiger partial charge is 0.240 e. The molecule has 4 heteroatoms. The van der Waals surface area contributed by atoms with Gasteiger partial charge < -0.3 is 10.6 Å². The molecule has 1 aliphatic rings. The number of carbonyl (C=O) groups excluding carboxylic acids is 1. The summed E-state index contributed by atoms with van der Waals surface area (Å²) in [5.41, 5.74) is 5.99. The van der Waals surface area contributed by atoms with Gasteiger partial charge in [0.05, 0.1) is 12.1 Å². The van der Waals surface area contributed by atoms with Gasteiger partial charge in [-0.05, 0) is 31.6 Å². The van der Waals surface area contributed by atoms with Crippen LogP contribution in [0.15, 0.2) is 0 Å². The second-order valence-electron chi connectivity index (χ2n) is 6.19. The highest BCUT2D eigenvalue weighted by Crippen LogP contribution is 2.26. The van der Waals surface area contributed by atoms with Gasteiger partial charge in [0.2, 0.25) is 5.91 Å². The van der Waals surface area contributed by atoms with Crippen molar-refractivity contribution in [2.75, 3.05) is 0 Å². The van der Waals surface area contributed by atoms with Gasteiger partial charge in [0, 0.05) is 6.04 Å². The summed E-state index contributed by atoms with van der Waals surface area (Å²) in [4.78, 5) is 13.9. The van der Waals surface area contributed by atoms with Crippen molar-refractivity contribution in [1.29, 1.82) is 5.26 Å². The van der Waals surface area contributed by atoms with Crippen molar-refractivity contribution in [2.24, 2.45) is 11.1 Å². The number of nitriles is 1. The molecule has 96 valence electrons. The molecule has 1 amide bonds. The zero-order chi connectivity index (χ0) is 13.2. The number of rotatable bonds is 2. The fourth-order valence-electron chi connectivity index (χ4n) is 2.42. The third-order valence-corrected chi connectivity index (χ3v) is 3.22. The van der Waals surface area contributed by atoms with Crippen molar-refractivity contribution in [2.45, 2.75) is 65.1 Å². The van der Waals surface area contributed by atoms with E-state index in [2.05, 4.69) is 26.8 Å². The molecule has 17 heavy (non-hydrogen) atoms. The van der Waals surface area contributed by atoms with Gasteiger partial charge in [-0.1, -0.05) is 20.8 Å². The monoisotopic (exact) mass is 237 g/mol. The van der Waals surface area contributed by atoms with Crippen molar-refractivity contribution in [3.63, 3.8) is 0 Å². The van der Waals surface area contributed by atoms with Crippen molar-refractivity contribution in [3.8, 4) is 6.07 Å². The van der Waals surface area contributed by atoms with Gasteiger partial charge in [-0.3, -0.25) is 4.79 Å². The Morgan fingerprint density at radius 1 is 1.53 bits per heavy atom. The Labute approximate surface area is 104 Å². The number of hydrogen-bond donors (Lipinski definition) is 1. The molecule has 1 unspecified atom stereocenters. The number of nitrogens with zero attached hydrogens (tertiary/aromatic N) is 2. The summed E-state index contributed by atoms with van der Waals surface area (Å²) in [7, 11) is 0. The van der Waals surface area contributed by atoms with Gasteiger partial charge >= 0.3 is 0 Å². The number of likely N-dealkylation sites (tertiary alicyclic amines) is 1.